The molecule has 5 aromatic heterocycles. The second-order valence-corrected chi connectivity index (χ2v) is 5.51. The number of aromatic amines is 2. The number of nitrogens with zero attached hydrogens (tertiary/aromatic N) is 4. The van der Waals surface area contributed by atoms with Crippen LogP contribution in [0.25, 0.3) is 44.7 Å². The molecule has 0 aliphatic heterocycles. The quantitative estimate of drug-likeness (QED) is 0.522. The van der Waals surface area contributed by atoms with Crippen molar-refractivity contribution in [3.8, 4) is 22.6 Å². The summed E-state index contributed by atoms with van der Waals surface area (Å²) in [6.07, 6.45) is 8.99. The van der Waals surface area contributed by atoms with E-state index >= 15 is 0 Å². The van der Waals surface area contributed by atoms with E-state index in [0.29, 0.717) is 0 Å². The number of fused-ring (bicyclic) bond motifs is 2. The lowest BCUT2D eigenvalue weighted by Gasteiger charge is -2.01. The van der Waals surface area contributed by atoms with Crippen LogP contribution in [0.4, 0.5) is 0 Å². The number of pyridine rings is 3. The summed E-state index contributed by atoms with van der Waals surface area (Å²) in [6, 6.07) is 9.83. The van der Waals surface area contributed by atoms with Gasteiger partial charge in [-0.2, -0.15) is 0 Å². The van der Waals surface area contributed by atoms with Gasteiger partial charge in [0.15, 0.2) is 0 Å². The van der Waals surface area contributed by atoms with Gasteiger partial charge < -0.3 is 9.97 Å². The monoisotopic (exact) mass is 312 g/mol. The van der Waals surface area contributed by atoms with Gasteiger partial charge >= 0.3 is 0 Å². The van der Waals surface area contributed by atoms with Crippen molar-refractivity contribution >= 4 is 22.1 Å². The lowest BCUT2D eigenvalue weighted by molar-refractivity contribution is 1.30. The average molecular weight is 312 g/mol. The van der Waals surface area contributed by atoms with Crippen LogP contribution < -0.4 is 0 Å². The second kappa shape index (κ2) is 4.99. The van der Waals surface area contributed by atoms with Gasteiger partial charge in [0.2, 0.25) is 0 Å². The summed E-state index contributed by atoms with van der Waals surface area (Å²) in [5, 5.41) is 0. The van der Waals surface area contributed by atoms with Gasteiger partial charge in [-0.25, -0.2) is 9.97 Å². The molecule has 0 saturated heterocycles. The van der Waals surface area contributed by atoms with Crippen molar-refractivity contribution in [1.82, 2.24) is 29.9 Å². The van der Waals surface area contributed by atoms with E-state index in [2.05, 4.69) is 24.9 Å². The first-order chi connectivity index (χ1) is 11.9. The topological polar surface area (TPSA) is 83.1 Å². The van der Waals surface area contributed by atoms with Crippen LogP contribution in [-0.4, -0.2) is 29.9 Å². The van der Waals surface area contributed by atoms with Crippen LogP contribution in [0, 0.1) is 0 Å². The number of nitrogens with one attached hydrogen (secondary N) is 2. The molecule has 0 radical (unpaired) electrons. The molecule has 0 aromatic carbocycles. The zero-order chi connectivity index (χ0) is 15.9. The molecule has 0 unspecified atom stereocenters. The van der Waals surface area contributed by atoms with Gasteiger partial charge in [0.25, 0.3) is 0 Å². The molecule has 0 spiro atoms. The normalized spacial score (nSPS) is 11.3. The molecule has 24 heavy (non-hydrogen) atoms. The zero-order valence-corrected chi connectivity index (χ0v) is 12.6. The van der Waals surface area contributed by atoms with E-state index < -0.39 is 0 Å². The highest BCUT2D eigenvalue weighted by Gasteiger charge is 2.13. The maximum absolute atomic E-state index is 4.81. The molecule has 0 aliphatic carbocycles. The molecule has 5 rings (SSSR count). The fourth-order valence-electron chi connectivity index (χ4n) is 2.84. The van der Waals surface area contributed by atoms with Gasteiger partial charge in [-0.15, -0.1) is 0 Å². The number of aromatic nitrogens is 6. The lowest BCUT2D eigenvalue weighted by Crippen LogP contribution is -1.86. The summed E-state index contributed by atoms with van der Waals surface area (Å²) < 4.78 is 0. The Labute approximate surface area is 136 Å². The van der Waals surface area contributed by atoms with E-state index in [1.807, 2.05) is 42.7 Å². The Balaban J connectivity index is 1.71. The maximum Gasteiger partial charge on any atom is 0.142 e. The van der Waals surface area contributed by atoms with E-state index in [4.69, 9.17) is 4.98 Å². The Kier molecular flexibility index (Phi) is 2.69. The second-order valence-electron chi connectivity index (χ2n) is 5.51. The maximum atomic E-state index is 4.81. The molecular formula is C18H12N6. The summed E-state index contributed by atoms with van der Waals surface area (Å²) in [4.78, 5) is 24.3. The third-order valence-corrected chi connectivity index (χ3v) is 4.02. The van der Waals surface area contributed by atoms with Crippen LogP contribution in [0.1, 0.15) is 0 Å². The van der Waals surface area contributed by atoms with Crippen LogP contribution in [0.3, 0.4) is 0 Å². The van der Waals surface area contributed by atoms with E-state index in [9.17, 15) is 0 Å². The van der Waals surface area contributed by atoms with Crippen molar-refractivity contribution in [3.63, 3.8) is 0 Å². The largest absolute Gasteiger partial charge is 0.359 e. The van der Waals surface area contributed by atoms with Crippen molar-refractivity contribution in [3.05, 3.63) is 61.3 Å². The summed E-state index contributed by atoms with van der Waals surface area (Å²) >= 11 is 0. The van der Waals surface area contributed by atoms with Crippen LogP contribution >= 0.6 is 0 Å². The van der Waals surface area contributed by atoms with Crippen molar-refractivity contribution in [2.45, 2.75) is 0 Å². The first kappa shape index (κ1) is 13.0. The molecule has 0 atom stereocenters. The van der Waals surface area contributed by atoms with Crippen LogP contribution in [0.5, 0.6) is 0 Å². The predicted octanol–water partition coefficient (Wildman–Crippen LogP) is 3.56. The third-order valence-electron chi connectivity index (χ3n) is 4.02. The summed E-state index contributed by atoms with van der Waals surface area (Å²) in [5.41, 5.74) is 6.45. The minimum absolute atomic E-state index is 0.778. The highest BCUT2D eigenvalue weighted by atomic mass is 14.9. The smallest absolute Gasteiger partial charge is 0.142 e. The third kappa shape index (κ3) is 1.97. The number of H-pyrrole nitrogens is 2. The van der Waals surface area contributed by atoms with Gasteiger partial charge in [0, 0.05) is 30.4 Å². The predicted molar refractivity (Wildman–Crippen MR) is 92.2 cm³/mol. The Morgan fingerprint density at radius 3 is 2.67 bits per heavy atom. The molecular weight excluding hydrogens is 300 g/mol. The van der Waals surface area contributed by atoms with Gasteiger partial charge in [0.1, 0.15) is 11.3 Å². The Bertz CT molecular complexity index is 1120. The van der Waals surface area contributed by atoms with Gasteiger partial charge in [-0.3, -0.25) is 9.97 Å². The zero-order valence-electron chi connectivity index (χ0n) is 12.6. The Hall–Kier alpha value is -3.54. The number of hydrogen-bond acceptors (Lipinski definition) is 4. The molecule has 0 amide bonds. The SMILES string of the molecule is c1cncc(-c2ccc3[nH]cc(-c4nc5cnccc5[nH]4)c3n2)c1. The van der Waals surface area contributed by atoms with E-state index in [0.717, 1.165) is 44.7 Å². The highest BCUT2D eigenvalue weighted by Crippen LogP contribution is 2.28. The van der Waals surface area contributed by atoms with E-state index in [1.165, 1.54) is 0 Å². The fourth-order valence-corrected chi connectivity index (χ4v) is 2.84. The Morgan fingerprint density at radius 2 is 1.79 bits per heavy atom. The van der Waals surface area contributed by atoms with E-state index in [-0.39, 0.29) is 0 Å². The molecule has 0 saturated carbocycles. The highest BCUT2D eigenvalue weighted by molar-refractivity contribution is 5.93. The standard InChI is InChI=1S/C18H12N6/c1-2-11(8-19-6-1)13-3-4-15-17(22-13)12(9-21-15)18-23-14-5-7-20-10-16(14)24-18/h1-10,21H,(H,23,24). The van der Waals surface area contributed by atoms with Crippen LogP contribution in [-0.2, 0) is 0 Å². The summed E-state index contributed by atoms with van der Waals surface area (Å²) in [7, 11) is 0. The molecule has 6 heteroatoms. The molecule has 5 aromatic rings. The summed E-state index contributed by atoms with van der Waals surface area (Å²) in [5.74, 6) is 0.778. The van der Waals surface area contributed by atoms with Crippen molar-refractivity contribution in [1.29, 1.82) is 0 Å². The van der Waals surface area contributed by atoms with Gasteiger partial charge in [-0.05, 0) is 30.3 Å². The molecule has 6 nitrogen and oxygen atoms in total. The molecule has 0 aliphatic rings. The molecule has 0 fully saturated rings. The van der Waals surface area contributed by atoms with Crippen molar-refractivity contribution < 1.29 is 0 Å². The summed E-state index contributed by atoms with van der Waals surface area (Å²) in [6.45, 7) is 0. The fraction of sp³-hybridized carbons (Fsp3) is 0. The minimum Gasteiger partial charge on any atom is -0.359 e. The van der Waals surface area contributed by atoms with Gasteiger partial charge in [-0.1, -0.05) is 0 Å². The molecule has 5 heterocycles. The lowest BCUT2D eigenvalue weighted by atomic mass is 10.1. The number of rotatable bonds is 2. The average Bonchev–Trinajstić information content (AvgIpc) is 3.25. The van der Waals surface area contributed by atoms with E-state index in [1.54, 1.807) is 18.6 Å². The molecule has 2 N–H and O–H groups in total. The van der Waals surface area contributed by atoms with Crippen molar-refractivity contribution in [2.24, 2.45) is 0 Å². The number of imidazole rings is 1. The van der Waals surface area contributed by atoms with Crippen LogP contribution in [0.15, 0.2) is 61.3 Å². The Morgan fingerprint density at radius 1 is 0.833 bits per heavy atom. The first-order valence-electron chi connectivity index (χ1n) is 7.57. The number of hydrogen-bond donors (Lipinski definition) is 2. The molecule has 0 bridgehead atoms. The van der Waals surface area contributed by atoms with Gasteiger partial charge in [0.05, 0.1) is 34.0 Å². The molecule has 114 valence electrons. The van der Waals surface area contributed by atoms with Crippen LogP contribution in [0.2, 0.25) is 0 Å². The van der Waals surface area contributed by atoms with Crippen molar-refractivity contribution in [2.75, 3.05) is 0 Å². The minimum atomic E-state index is 0.778. The first-order valence-corrected chi connectivity index (χ1v) is 7.57.